The maximum atomic E-state index is 12.2. The molecular formula is C16H18BrN3O. The zero-order chi connectivity index (χ0) is 14.7. The Morgan fingerprint density at radius 1 is 1.24 bits per heavy atom. The van der Waals surface area contributed by atoms with Gasteiger partial charge in [-0.1, -0.05) is 28.1 Å². The van der Waals surface area contributed by atoms with E-state index in [9.17, 15) is 4.79 Å². The first kappa shape index (κ1) is 14.3. The van der Waals surface area contributed by atoms with Crippen LogP contribution in [0.15, 0.2) is 41.0 Å². The highest BCUT2D eigenvalue weighted by molar-refractivity contribution is 9.10. The van der Waals surface area contributed by atoms with Crippen LogP contribution in [0.4, 0.5) is 0 Å². The highest BCUT2D eigenvalue weighted by Crippen LogP contribution is 2.29. The Labute approximate surface area is 132 Å². The van der Waals surface area contributed by atoms with Crippen LogP contribution < -0.4 is 0 Å². The number of aromatic nitrogens is 2. The molecular weight excluding hydrogens is 330 g/mol. The molecule has 1 aliphatic rings. The van der Waals surface area contributed by atoms with Crippen molar-refractivity contribution >= 4 is 21.8 Å². The molecule has 0 spiro atoms. The first-order valence-corrected chi connectivity index (χ1v) is 8.03. The zero-order valence-corrected chi connectivity index (χ0v) is 13.3. The Kier molecular flexibility index (Phi) is 4.39. The normalized spacial score (nSPS) is 16.1. The first-order chi connectivity index (χ1) is 10.2. The zero-order valence-electron chi connectivity index (χ0n) is 11.8. The number of likely N-dealkylation sites (tertiary alicyclic amines) is 1. The Morgan fingerprint density at radius 3 is 2.57 bits per heavy atom. The van der Waals surface area contributed by atoms with E-state index >= 15 is 0 Å². The summed E-state index contributed by atoms with van der Waals surface area (Å²) in [7, 11) is 0. The first-order valence-electron chi connectivity index (χ1n) is 7.24. The van der Waals surface area contributed by atoms with Gasteiger partial charge in [0.1, 0.15) is 0 Å². The van der Waals surface area contributed by atoms with Gasteiger partial charge >= 0.3 is 0 Å². The van der Waals surface area contributed by atoms with Crippen molar-refractivity contribution < 1.29 is 4.79 Å². The van der Waals surface area contributed by atoms with Crippen LogP contribution in [-0.2, 0) is 11.2 Å². The summed E-state index contributed by atoms with van der Waals surface area (Å²) in [4.78, 5) is 14.2. The number of nitrogens with zero attached hydrogens (tertiary/aromatic N) is 2. The molecule has 0 aliphatic carbocycles. The largest absolute Gasteiger partial charge is 0.342 e. The third-order valence-electron chi connectivity index (χ3n) is 4.09. The number of hydrogen-bond donors (Lipinski definition) is 1. The van der Waals surface area contributed by atoms with Crippen LogP contribution in [0.3, 0.4) is 0 Å². The number of piperidine rings is 1. The summed E-state index contributed by atoms with van der Waals surface area (Å²) < 4.78 is 1.11. The number of rotatable bonds is 3. The minimum absolute atomic E-state index is 0.188. The number of halogens is 1. The van der Waals surface area contributed by atoms with Crippen LogP contribution in [0.5, 0.6) is 0 Å². The molecule has 21 heavy (non-hydrogen) atoms. The average Bonchev–Trinajstić information content (AvgIpc) is 3.01. The van der Waals surface area contributed by atoms with Gasteiger partial charge in [-0.05, 0) is 42.5 Å². The van der Waals surface area contributed by atoms with E-state index in [2.05, 4.69) is 50.4 Å². The second-order valence-corrected chi connectivity index (χ2v) is 6.38. The molecule has 110 valence electrons. The summed E-state index contributed by atoms with van der Waals surface area (Å²) in [6, 6.07) is 10.4. The number of carbonyl (C=O) groups is 1. The summed E-state index contributed by atoms with van der Waals surface area (Å²) in [6.07, 6.45) is 4.18. The fraction of sp³-hybridized carbons (Fsp3) is 0.375. The highest BCUT2D eigenvalue weighted by atomic mass is 79.9. The standard InChI is InChI=1S/C16H18BrN3O/c17-14-3-1-12(2-4-14)13-6-9-20(10-7-13)16(21)11-15-5-8-18-19-15/h1-5,8,13H,6-7,9-11H2,(H,18,19). The lowest BCUT2D eigenvalue weighted by Gasteiger charge is -2.32. The predicted molar refractivity (Wildman–Crippen MR) is 85.0 cm³/mol. The molecule has 3 rings (SSSR count). The molecule has 1 aromatic carbocycles. The number of carbonyl (C=O) groups excluding carboxylic acids is 1. The molecule has 2 aromatic rings. The lowest BCUT2D eigenvalue weighted by atomic mass is 9.89. The van der Waals surface area contributed by atoms with Crippen LogP contribution in [0.2, 0.25) is 0 Å². The minimum Gasteiger partial charge on any atom is -0.342 e. The van der Waals surface area contributed by atoms with Crippen molar-refractivity contribution in [2.75, 3.05) is 13.1 Å². The van der Waals surface area contributed by atoms with E-state index in [1.165, 1.54) is 5.56 Å². The topological polar surface area (TPSA) is 49.0 Å². The molecule has 2 heterocycles. The third-order valence-corrected chi connectivity index (χ3v) is 4.62. The van der Waals surface area contributed by atoms with Gasteiger partial charge in [0.15, 0.2) is 0 Å². The van der Waals surface area contributed by atoms with Gasteiger partial charge in [0, 0.05) is 29.5 Å². The summed E-state index contributed by atoms with van der Waals surface area (Å²) in [6.45, 7) is 1.68. The van der Waals surface area contributed by atoms with Crippen LogP contribution in [0.1, 0.15) is 30.0 Å². The van der Waals surface area contributed by atoms with Crippen molar-refractivity contribution in [1.29, 1.82) is 0 Å². The fourth-order valence-corrected chi connectivity index (χ4v) is 3.12. The van der Waals surface area contributed by atoms with Crippen molar-refractivity contribution in [2.24, 2.45) is 0 Å². The SMILES string of the molecule is O=C(Cc1ccn[nH]1)N1CCC(c2ccc(Br)cc2)CC1. The molecule has 0 atom stereocenters. The molecule has 1 amide bonds. The minimum atomic E-state index is 0.188. The molecule has 1 fully saturated rings. The van der Waals surface area contributed by atoms with Gasteiger partial charge in [0.05, 0.1) is 6.42 Å². The Bertz CT molecular complexity index is 586. The van der Waals surface area contributed by atoms with Crippen molar-refractivity contribution in [2.45, 2.75) is 25.2 Å². The maximum absolute atomic E-state index is 12.2. The molecule has 1 N–H and O–H groups in total. The van der Waals surface area contributed by atoms with Crippen LogP contribution >= 0.6 is 15.9 Å². The van der Waals surface area contributed by atoms with Gasteiger partial charge in [-0.25, -0.2) is 0 Å². The summed E-state index contributed by atoms with van der Waals surface area (Å²) in [5, 5.41) is 6.72. The summed E-state index contributed by atoms with van der Waals surface area (Å²) in [5.41, 5.74) is 2.26. The van der Waals surface area contributed by atoms with E-state index in [0.717, 1.165) is 36.1 Å². The van der Waals surface area contributed by atoms with E-state index in [0.29, 0.717) is 12.3 Å². The predicted octanol–water partition coefficient (Wildman–Crippen LogP) is 3.12. The van der Waals surface area contributed by atoms with Gasteiger partial charge in [-0.2, -0.15) is 5.10 Å². The number of aromatic amines is 1. The van der Waals surface area contributed by atoms with Crippen LogP contribution in [0.25, 0.3) is 0 Å². The van der Waals surface area contributed by atoms with Crippen molar-refractivity contribution in [1.82, 2.24) is 15.1 Å². The summed E-state index contributed by atoms with van der Waals surface area (Å²) in [5.74, 6) is 0.753. The highest BCUT2D eigenvalue weighted by Gasteiger charge is 2.23. The quantitative estimate of drug-likeness (QED) is 0.927. The van der Waals surface area contributed by atoms with Crippen molar-refractivity contribution in [3.05, 3.63) is 52.3 Å². The summed E-state index contributed by atoms with van der Waals surface area (Å²) >= 11 is 3.47. The smallest absolute Gasteiger partial charge is 0.228 e. The third kappa shape index (κ3) is 3.53. The Hall–Kier alpha value is -1.62. The van der Waals surface area contributed by atoms with Crippen LogP contribution in [0, 0.1) is 0 Å². The molecule has 0 unspecified atom stereocenters. The number of amides is 1. The lowest BCUT2D eigenvalue weighted by Crippen LogP contribution is -2.38. The monoisotopic (exact) mass is 347 g/mol. The molecule has 0 bridgehead atoms. The lowest BCUT2D eigenvalue weighted by molar-refractivity contribution is -0.131. The van der Waals surface area contributed by atoms with Gasteiger partial charge in [-0.15, -0.1) is 0 Å². The van der Waals surface area contributed by atoms with E-state index in [1.54, 1.807) is 6.20 Å². The maximum Gasteiger partial charge on any atom is 0.228 e. The van der Waals surface area contributed by atoms with E-state index < -0.39 is 0 Å². The average molecular weight is 348 g/mol. The van der Waals surface area contributed by atoms with Crippen molar-refractivity contribution in [3.63, 3.8) is 0 Å². The second kappa shape index (κ2) is 6.43. The molecule has 1 saturated heterocycles. The molecule has 1 aromatic heterocycles. The van der Waals surface area contributed by atoms with E-state index in [1.807, 2.05) is 11.0 Å². The van der Waals surface area contributed by atoms with E-state index in [-0.39, 0.29) is 5.91 Å². The molecule has 0 saturated carbocycles. The Morgan fingerprint density at radius 2 is 1.95 bits per heavy atom. The molecule has 4 nitrogen and oxygen atoms in total. The number of benzene rings is 1. The number of nitrogens with one attached hydrogen (secondary N) is 1. The number of hydrogen-bond acceptors (Lipinski definition) is 2. The van der Waals surface area contributed by atoms with Gasteiger partial charge in [0.2, 0.25) is 5.91 Å². The van der Waals surface area contributed by atoms with Gasteiger partial charge in [-0.3, -0.25) is 9.89 Å². The molecule has 0 radical (unpaired) electrons. The van der Waals surface area contributed by atoms with Crippen LogP contribution in [-0.4, -0.2) is 34.1 Å². The molecule has 1 aliphatic heterocycles. The number of H-pyrrole nitrogens is 1. The van der Waals surface area contributed by atoms with Gasteiger partial charge in [0.25, 0.3) is 0 Å². The van der Waals surface area contributed by atoms with Crippen molar-refractivity contribution in [3.8, 4) is 0 Å². The second-order valence-electron chi connectivity index (χ2n) is 5.47. The van der Waals surface area contributed by atoms with Gasteiger partial charge < -0.3 is 4.90 Å². The Balaban J connectivity index is 1.55. The molecule has 5 heteroatoms. The fourth-order valence-electron chi connectivity index (χ4n) is 2.86. The van der Waals surface area contributed by atoms with E-state index in [4.69, 9.17) is 0 Å².